The van der Waals surface area contributed by atoms with Gasteiger partial charge < -0.3 is 0 Å². The lowest BCUT2D eigenvalue weighted by Crippen LogP contribution is -2.33. The maximum atomic E-state index is 12.8. The van der Waals surface area contributed by atoms with Crippen molar-refractivity contribution in [1.82, 2.24) is 0 Å². The van der Waals surface area contributed by atoms with Gasteiger partial charge in [-0.3, -0.25) is 4.79 Å². The molecule has 1 aromatic carbocycles. The lowest BCUT2D eigenvalue weighted by atomic mass is 9.72. The molecule has 1 aliphatic rings. The number of Topliss-reactive ketones (excluding diaryl/α,β-unsaturated/α-hetero) is 1. The van der Waals surface area contributed by atoms with E-state index in [1.54, 1.807) is 0 Å². The third kappa shape index (κ3) is 3.26. The summed E-state index contributed by atoms with van der Waals surface area (Å²) in [5.41, 5.74) is 1.31. The summed E-state index contributed by atoms with van der Waals surface area (Å²) in [5.74, 6) is 0.464. The highest BCUT2D eigenvalue weighted by Crippen LogP contribution is 2.43. The molecule has 1 aliphatic carbocycles. The molecule has 0 bridgehead atoms. The Hall–Kier alpha value is -1.11. The molecule has 0 spiro atoms. The summed E-state index contributed by atoms with van der Waals surface area (Å²) in [6.45, 7) is 6.64. The average Bonchev–Trinajstić information content (AvgIpc) is 2.87. The van der Waals surface area contributed by atoms with E-state index in [0.717, 1.165) is 25.7 Å². The summed E-state index contributed by atoms with van der Waals surface area (Å²) in [6.07, 6.45) is 6.17. The summed E-state index contributed by atoms with van der Waals surface area (Å²) in [6, 6.07) is 10.4. The highest BCUT2D eigenvalue weighted by atomic mass is 16.1. The predicted molar refractivity (Wildman–Crippen MR) is 80.3 cm³/mol. The van der Waals surface area contributed by atoms with E-state index in [9.17, 15) is 4.79 Å². The molecule has 19 heavy (non-hydrogen) atoms. The lowest BCUT2D eigenvalue weighted by Gasteiger charge is -2.29. The minimum absolute atomic E-state index is 0.174. The fraction of sp³-hybridized carbons (Fsp3) is 0.611. The number of ketones is 1. The van der Waals surface area contributed by atoms with Crippen LogP contribution in [0.25, 0.3) is 0 Å². The molecule has 0 aromatic heterocycles. The van der Waals surface area contributed by atoms with E-state index in [2.05, 4.69) is 45.0 Å². The molecule has 1 heteroatoms. The second kappa shape index (κ2) is 5.48. The van der Waals surface area contributed by atoms with Crippen LogP contribution in [-0.2, 0) is 10.2 Å². The van der Waals surface area contributed by atoms with Gasteiger partial charge in [0.05, 0.1) is 5.41 Å². The Morgan fingerprint density at radius 1 is 1.11 bits per heavy atom. The number of rotatable bonds is 4. The molecule has 0 aliphatic heterocycles. The van der Waals surface area contributed by atoms with Gasteiger partial charge in [-0.25, -0.2) is 0 Å². The van der Waals surface area contributed by atoms with Crippen LogP contribution < -0.4 is 0 Å². The van der Waals surface area contributed by atoms with Crippen LogP contribution in [0.4, 0.5) is 0 Å². The molecule has 0 unspecified atom stereocenters. The molecule has 1 nitrogen and oxygen atoms in total. The van der Waals surface area contributed by atoms with E-state index >= 15 is 0 Å². The largest absolute Gasteiger partial charge is 0.299 e. The van der Waals surface area contributed by atoms with Crippen LogP contribution in [0.3, 0.4) is 0 Å². The van der Waals surface area contributed by atoms with E-state index in [-0.39, 0.29) is 10.8 Å². The van der Waals surface area contributed by atoms with Crippen LogP contribution in [0.5, 0.6) is 0 Å². The van der Waals surface area contributed by atoms with Gasteiger partial charge in [0.25, 0.3) is 0 Å². The second-order valence-electron chi connectivity index (χ2n) is 7.14. The zero-order chi connectivity index (χ0) is 13.9. The van der Waals surface area contributed by atoms with Gasteiger partial charge in [0.2, 0.25) is 0 Å². The van der Waals surface area contributed by atoms with Gasteiger partial charge in [0.15, 0.2) is 0 Å². The quantitative estimate of drug-likeness (QED) is 0.751. The van der Waals surface area contributed by atoms with Crippen molar-refractivity contribution in [2.45, 2.75) is 64.7 Å². The van der Waals surface area contributed by atoms with Crippen LogP contribution in [0.15, 0.2) is 30.3 Å². The first-order valence-corrected chi connectivity index (χ1v) is 7.53. The van der Waals surface area contributed by atoms with Gasteiger partial charge in [-0.2, -0.15) is 0 Å². The molecule has 0 atom stereocenters. The molecule has 2 rings (SSSR count). The van der Waals surface area contributed by atoms with E-state index in [1.807, 2.05) is 6.07 Å². The van der Waals surface area contributed by atoms with Crippen molar-refractivity contribution in [1.29, 1.82) is 0 Å². The molecular formula is C18H26O. The van der Waals surface area contributed by atoms with Gasteiger partial charge in [-0.05, 0) is 30.2 Å². The molecule has 0 radical (unpaired) electrons. The fourth-order valence-corrected chi connectivity index (χ4v) is 3.19. The van der Waals surface area contributed by atoms with Crippen molar-refractivity contribution in [3.8, 4) is 0 Å². The van der Waals surface area contributed by atoms with Crippen LogP contribution >= 0.6 is 0 Å². The van der Waals surface area contributed by atoms with Gasteiger partial charge in [0.1, 0.15) is 5.78 Å². The van der Waals surface area contributed by atoms with Gasteiger partial charge in [-0.1, -0.05) is 63.9 Å². The van der Waals surface area contributed by atoms with Crippen molar-refractivity contribution in [2.24, 2.45) is 5.41 Å². The van der Waals surface area contributed by atoms with Crippen LogP contribution in [-0.4, -0.2) is 5.78 Å². The van der Waals surface area contributed by atoms with Gasteiger partial charge in [-0.15, -0.1) is 0 Å². The van der Waals surface area contributed by atoms with E-state index < -0.39 is 0 Å². The number of hydrogen-bond acceptors (Lipinski definition) is 1. The van der Waals surface area contributed by atoms with Crippen molar-refractivity contribution in [3.05, 3.63) is 35.9 Å². The van der Waals surface area contributed by atoms with Crippen LogP contribution in [0.2, 0.25) is 0 Å². The first kappa shape index (κ1) is 14.3. The van der Waals surface area contributed by atoms with Crippen LogP contribution in [0, 0.1) is 5.41 Å². The first-order valence-electron chi connectivity index (χ1n) is 7.53. The number of carbonyl (C=O) groups excluding carboxylic acids is 1. The standard InChI is InChI=1S/C18H26O/c1-17(2,3)14-11-16(19)18(12-7-8-13-18)15-9-5-4-6-10-15/h4-6,9-10H,7-8,11-14H2,1-3H3. The zero-order valence-electron chi connectivity index (χ0n) is 12.5. The summed E-state index contributed by atoms with van der Waals surface area (Å²) < 4.78 is 0. The van der Waals surface area contributed by atoms with Crippen LogP contribution in [0.1, 0.15) is 64.9 Å². The van der Waals surface area contributed by atoms with E-state index in [0.29, 0.717) is 5.78 Å². The molecule has 0 N–H and O–H groups in total. The smallest absolute Gasteiger partial charge is 0.143 e. The van der Waals surface area contributed by atoms with E-state index in [4.69, 9.17) is 0 Å². The maximum Gasteiger partial charge on any atom is 0.143 e. The summed E-state index contributed by atoms with van der Waals surface area (Å²) in [4.78, 5) is 12.8. The molecule has 0 saturated heterocycles. The minimum atomic E-state index is -0.174. The molecule has 1 fully saturated rings. The van der Waals surface area contributed by atoms with Crippen molar-refractivity contribution in [2.75, 3.05) is 0 Å². The van der Waals surface area contributed by atoms with Gasteiger partial charge >= 0.3 is 0 Å². The Labute approximate surface area is 117 Å². The molecule has 1 saturated carbocycles. The number of hydrogen-bond donors (Lipinski definition) is 0. The summed E-state index contributed by atoms with van der Waals surface area (Å²) in [5, 5.41) is 0. The number of benzene rings is 1. The van der Waals surface area contributed by atoms with Crippen molar-refractivity contribution < 1.29 is 4.79 Å². The summed E-state index contributed by atoms with van der Waals surface area (Å²) in [7, 11) is 0. The molecule has 0 amide bonds. The molecular weight excluding hydrogens is 232 g/mol. The van der Waals surface area contributed by atoms with Gasteiger partial charge in [0, 0.05) is 6.42 Å². The average molecular weight is 258 g/mol. The zero-order valence-corrected chi connectivity index (χ0v) is 12.5. The van der Waals surface area contributed by atoms with Crippen molar-refractivity contribution >= 4 is 5.78 Å². The number of carbonyl (C=O) groups is 1. The SMILES string of the molecule is CC(C)(C)CCC(=O)C1(c2ccccc2)CCCC1. The maximum absolute atomic E-state index is 12.8. The lowest BCUT2D eigenvalue weighted by molar-refractivity contribution is -0.125. The Balaban J connectivity index is 2.18. The molecule has 104 valence electrons. The Morgan fingerprint density at radius 3 is 2.21 bits per heavy atom. The Bertz CT molecular complexity index is 419. The monoisotopic (exact) mass is 258 g/mol. The first-order chi connectivity index (χ1) is 8.94. The Morgan fingerprint density at radius 2 is 1.68 bits per heavy atom. The van der Waals surface area contributed by atoms with Crippen molar-refractivity contribution in [3.63, 3.8) is 0 Å². The predicted octanol–water partition coefficient (Wildman–Crippen LogP) is 4.89. The third-order valence-corrected chi connectivity index (χ3v) is 4.42. The molecule has 0 heterocycles. The highest BCUT2D eigenvalue weighted by Gasteiger charge is 2.41. The molecule has 1 aromatic rings. The third-order valence-electron chi connectivity index (χ3n) is 4.42. The topological polar surface area (TPSA) is 17.1 Å². The van der Waals surface area contributed by atoms with E-state index in [1.165, 1.54) is 18.4 Å². The fourth-order valence-electron chi connectivity index (χ4n) is 3.19. The highest BCUT2D eigenvalue weighted by molar-refractivity contribution is 5.90. The summed E-state index contributed by atoms with van der Waals surface area (Å²) >= 11 is 0. The Kier molecular flexibility index (Phi) is 4.13. The second-order valence-corrected chi connectivity index (χ2v) is 7.14. The minimum Gasteiger partial charge on any atom is -0.299 e. The normalized spacial score (nSPS) is 18.5.